The Labute approximate surface area is 537 Å². The van der Waals surface area contributed by atoms with E-state index in [4.69, 9.17) is 37.0 Å². The van der Waals surface area contributed by atoms with Gasteiger partial charge in [-0.25, -0.2) is 9.13 Å². The minimum absolute atomic E-state index is 0.103. The molecule has 0 radical (unpaired) electrons. The van der Waals surface area contributed by atoms with Crippen LogP contribution in [0.25, 0.3) is 0 Å². The van der Waals surface area contributed by atoms with Crippen molar-refractivity contribution in [1.82, 2.24) is 0 Å². The predicted molar refractivity (Wildman–Crippen MR) is 354 cm³/mol. The second-order valence-corrected chi connectivity index (χ2v) is 28.5. The summed E-state index contributed by atoms with van der Waals surface area (Å²) in [5.74, 6) is -0.498. The Morgan fingerprint density at radius 1 is 0.330 bits per heavy atom. The SMILES string of the molecule is CCCCCCCCCC(=O)OC[C@H](COP(=O)(O)OC[C@H](O)COP(=O)(O)OC[C@@H](COC(=O)CCCCCCCCCCCCCCCC(C)C)OC(=O)CCCCCCCCCCCCCCCCC(C)CC)OC(=O)CCCCCCCCC. The van der Waals surface area contributed by atoms with Crippen molar-refractivity contribution in [3.05, 3.63) is 0 Å². The number of carbonyl (C=O) groups excluding carboxylic acids is 4. The fourth-order valence-corrected chi connectivity index (χ4v) is 12.0. The Morgan fingerprint density at radius 3 is 0.864 bits per heavy atom. The zero-order chi connectivity index (χ0) is 65.0. The summed E-state index contributed by atoms with van der Waals surface area (Å²) in [6, 6.07) is 0. The molecule has 0 rings (SSSR count). The van der Waals surface area contributed by atoms with E-state index in [1.165, 1.54) is 141 Å². The van der Waals surface area contributed by atoms with Crippen molar-refractivity contribution in [2.45, 2.75) is 368 Å². The molecule has 19 heteroatoms. The van der Waals surface area contributed by atoms with Gasteiger partial charge in [0.15, 0.2) is 12.2 Å². The Balaban J connectivity index is 5.15. The average Bonchev–Trinajstić information content (AvgIpc) is 3.52. The summed E-state index contributed by atoms with van der Waals surface area (Å²) in [6.45, 7) is 9.53. The lowest BCUT2D eigenvalue weighted by atomic mass is 9.99. The molecule has 0 aromatic carbocycles. The Morgan fingerprint density at radius 2 is 0.580 bits per heavy atom. The fraction of sp³-hybridized carbons (Fsp3) is 0.942. The van der Waals surface area contributed by atoms with E-state index in [9.17, 15) is 43.2 Å². The first-order valence-electron chi connectivity index (χ1n) is 36.0. The van der Waals surface area contributed by atoms with E-state index in [-0.39, 0.29) is 25.7 Å². The van der Waals surface area contributed by atoms with Gasteiger partial charge in [-0.05, 0) is 37.5 Å². The normalized spacial score (nSPS) is 14.5. The predicted octanol–water partition coefficient (Wildman–Crippen LogP) is 19.6. The van der Waals surface area contributed by atoms with Crippen LogP contribution in [0, 0.1) is 11.8 Å². The summed E-state index contributed by atoms with van der Waals surface area (Å²) in [6.07, 6.45) is 46.1. The van der Waals surface area contributed by atoms with Gasteiger partial charge in [0.25, 0.3) is 0 Å². The van der Waals surface area contributed by atoms with Gasteiger partial charge in [0.1, 0.15) is 19.3 Å². The summed E-state index contributed by atoms with van der Waals surface area (Å²) < 4.78 is 68.0. The summed E-state index contributed by atoms with van der Waals surface area (Å²) in [5.41, 5.74) is 0. The standard InChI is InChI=1S/C69H134O17P2/c1-7-10-12-14-31-39-45-51-66(71)79-57-64(85-68(73)53-47-41-32-15-13-11-8-2)59-83-87(75,76)81-55-63(70)56-82-88(77,78)84-60-65(58-80-67(72)52-46-40-35-29-25-22-18-19-23-27-33-37-43-49-61(4)5)86-69(74)54-48-42-36-30-26-21-17-16-20-24-28-34-38-44-50-62(6)9-3/h61-65,70H,7-60H2,1-6H3,(H,75,76)(H,77,78)/t62?,63-,64+,65+/m0/s1. The Hall–Kier alpha value is -1.94. The van der Waals surface area contributed by atoms with Crippen LogP contribution in [0.15, 0.2) is 0 Å². The van der Waals surface area contributed by atoms with Crippen molar-refractivity contribution in [1.29, 1.82) is 0 Å². The molecule has 17 nitrogen and oxygen atoms in total. The highest BCUT2D eigenvalue weighted by Gasteiger charge is 2.30. The molecule has 0 aliphatic carbocycles. The zero-order valence-corrected chi connectivity index (χ0v) is 58.8. The van der Waals surface area contributed by atoms with Crippen molar-refractivity contribution >= 4 is 39.5 Å². The molecule has 0 saturated heterocycles. The fourth-order valence-electron chi connectivity index (χ4n) is 10.4. The van der Waals surface area contributed by atoms with Crippen molar-refractivity contribution in [3.63, 3.8) is 0 Å². The van der Waals surface area contributed by atoms with Gasteiger partial charge in [-0.2, -0.15) is 0 Å². The van der Waals surface area contributed by atoms with Gasteiger partial charge >= 0.3 is 39.5 Å². The van der Waals surface area contributed by atoms with Crippen LogP contribution in [0.1, 0.15) is 350 Å². The Kier molecular flexibility index (Phi) is 59.9. The highest BCUT2D eigenvalue weighted by atomic mass is 31.2. The van der Waals surface area contributed by atoms with Gasteiger partial charge in [0.2, 0.25) is 0 Å². The Bertz CT molecular complexity index is 1720. The maximum absolute atomic E-state index is 13.0. The molecule has 0 fully saturated rings. The number of hydrogen-bond acceptors (Lipinski definition) is 15. The summed E-state index contributed by atoms with van der Waals surface area (Å²) in [5, 5.41) is 10.5. The minimum atomic E-state index is -4.95. The first-order valence-corrected chi connectivity index (χ1v) is 39.0. The monoisotopic (exact) mass is 1300 g/mol. The lowest BCUT2D eigenvalue weighted by molar-refractivity contribution is -0.161. The van der Waals surface area contributed by atoms with Crippen molar-refractivity contribution < 1.29 is 80.2 Å². The molecule has 0 spiro atoms. The quantitative estimate of drug-likeness (QED) is 0.0222. The van der Waals surface area contributed by atoms with E-state index >= 15 is 0 Å². The molecule has 0 amide bonds. The maximum Gasteiger partial charge on any atom is 0.472 e. The smallest absolute Gasteiger partial charge is 0.462 e. The number of phosphoric ester groups is 2. The molecular formula is C69H134O17P2. The molecule has 0 aliphatic rings. The number of unbranched alkanes of at least 4 members (excludes halogenated alkanes) is 37. The van der Waals surface area contributed by atoms with Crippen LogP contribution in [0.3, 0.4) is 0 Å². The molecule has 6 atom stereocenters. The van der Waals surface area contributed by atoms with E-state index < -0.39 is 97.5 Å². The molecule has 0 aromatic heterocycles. The second-order valence-electron chi connectivity index (χ2n) is 25.6. The minimum Gasteiger partial charge on any atom is -0.462 e. The van der Waals surface area contributed by atoms with E-state index in [0.717, 1.165) is 127 Å². The molecule has 88 heavy (non-hydrogen) atoms. The second kappa shape index (κ2) is 61.3. The van der Waals surface area contributed by atoms with Crippen LogP contribution >= 0.6 is 15.6 Å². The summed E-state index contributed by atoms with van der Waals surface area (Å²) >= 11 is 0. The highest BCUT2D eigenvalue weighted by Crippen LogP contribution is 2.45. The largest absolute Gasteiger partial charge is 0.472 e. The van der Waals surface area contributed by atoms with E-state index in [0.29, 0.717) is 25.7 Å². The van der Waals surface area contributed by atoms with E-state index in [2.05, 4.69) is 41.5 Å². The topological polar surface area (TPSA) is 237 Å². The molecule has 0 aliphatic heterocycles. The van der Waals surface area contributed by atoms with Gasteiger partial charge in [-0.3, -0.25) is 37.3 Å². The molecule has 522 valence electrons. The molecule has 0 aromatic rings. The van der Waals surface area contributed by atoms with Crippen LogP contribution in [0.4, 0.5) is 0 Å². The highest BCUT2D eigenvalue weighted by molar-refractivity contribution is 7.47. The van der Waals surface area contributed by atoms with Crippen LogP contribution in [-0.4, -0.2) is 96.7 Å². The number of esters is 4. The molecule has 0 bridgehead atoms. The molecule has 3 N–H and O–H groups in total. The van der Waals surface area contributed by atoms with Crippen molar-refractivity contribution in [2.24, 2.45) is 11.8 Å². The lowest BCUT2D eigenvalue weighted by Crippen LogP contribution is -2.30. The third-order valence-electron chi connectivity index (χ3n) is 16.3. The van der Waals surface area contributed by atoms with Crippen LogP contribution < -0.4 is 0 Å². The third-order valence-corrected chi connectivity index (χ3v) is 18.2. The van der Waals surface area contributed by atoms with E-state index in [1.54, 1.807) is 0 Å². The van der Waals surface area contributed by atoms with E-state index in [1.807, 2.05) is 0 Å². The van der Waals surface area contributed by atoms with Crippen LogP contribution in [-0.2, 0) is 65.4 Å². The van der Waals surface area contributed by atoms with Crippen LogP contribution in [0.2, 0.25) is 0 Å². The lowest BCUT2D eigenvalue weighted by Gasteiger charge is -2.21. The van der Waals surface area contributed by atoms with Gasteiger partial charge in [0, 0.05) is 25.7 Å². The zero-order valence-electron chi connectivity index (χ0n) is 57.0. The number of ether oxygens (including phenoxy) is 4. The van der Waals surface area contributed by atoms with Gasteiger partial charge in [-0.15, -0.1) is 0 Å². The third kappa shape index (κ3) is 61.6. The number of carbonyl (C=O) groups is 4. The molecule has 0 heterocycles. The molecule has 3 unspecified atom stereocenters. The van der Waals surface area contributed by atoms with Gasteiger partial charge < -0.3 is 33.8 Å². The first-order chi connectivity index (χ1) is 42.4. The van der Waals surface area contributed by atoms with Gasteiger partial charge in [-0.1, -0.05) is 298 Å². The number of hydrogen-bond donors (Lipinski definition) is 3. The molecular weight excluding hydrogens is 1160 g/mol. The number of aliphatic hydroxyl groups is 1. The number of rotatable bonds is 68. The van der Waals surface area contributed by atoms with Crippen LogP contribution in [0.5, 0.6) is 0 Å². The average molecular weight is 1300 g/mol. The maximum atomic E-state index is 13.0. The summed E-state index contributed by atoms with van der Waals surface area (Å²) in [7, 11) is -9.89. The number of aliphatic hydroxyl groups excluding tert-OH is 1. The van der Waals surface area contributed by atoms with Crippen molar-refractivity contribution in [2.75, 3.05) is 39.6 Å². The number of phosphoric acid groups is 2. The molecule has 0 saturated carbocycles. The summed E-state index contributed by atoms with van der Waals surface area (Å²) in [4.78, 5) is 72.2. The van der Waals surface area contributed by atoms with Gasteiger partial charge in [0.05, 0.1) is 26.4 Å². The van der Waals surface area contributed by atoms with Crippen molar-refractivity contribution in [3.8, 4) is 0 Å². The first kappa shape index (κ1) is 86.1.